The molecule has 2 atom stereocenters. The number of halogens is 3. The molecule has 1 N–H and O–H groups in total. The summed E-state index contributed by atoms with van der Waals surface area (Å²) in [5, 5.41) is 2.27. The van der Waals surface area contributed by atoms with Gasteiger partial charge >= 0.3 is 6.18 Å². The van der Waals surface area contributed by atoms with Crippen molar-refractivity contribution in [1.82, 2.24) is 0 Å². The van der Waals surface area contributed by atoms with E-state index >= 15 is 0 Å². The molecule has 2 bridgehead atoms. The molecule has 0 radical (unpaired) electrons. The molecule has 0 unspecified atom stereocenters. The quantitative estimate of drug-likeness (QED) is 0.653. The molecule has 0 saturated heterocycles. The Balaban J connectivity index is 2.04. The molecule has 3 rings (SSSR count). The molecule has 0 spiro atoms. The van der Waals surface area contributed by atoms with Crippen molar-refractivity contribution >= 4 is 23.2 Å². The van der Waals surface area contributed by atoms with E-state index in [0.717, 1.165) is 12.1 Å². The molecule has 2 aliphatic rings. The highest BCUT2D eigenvalue weighted by molar-refractivity contribution is 6.49. The number of nitrogens with one attached hydrogen (secondary N) is 1. The lowest BCUT2D eigenvalue weighted by Crippen LogP contribution is -2.48. The number of hydrogen-bond acceptors (Lipinski definition) is 3. The fraction of sp³-hybridized carbons (Fsp3) is 0.500. The third-order valence-electron chi connectivity index (χ3n) is 6.41. The molecular weight excluding hydrogens is 335 g/mol. The van der Waals surface area contributed by atoms with Gasteiger partial charge in [-0.15, -0.1) is 0 Å². The number of alkyl halides is 3. The highest BCUT2D eigenvalue weighted by atomic mass is 19.4. The van der Waals surface area contributed by atoms with Gasteiger partial charge in [-0.2, -0.15) is 13.2 Å². The van der Waals surface area contributed by atoms with Crippen molar-refractivity contribution in [2.24, 2.45) is 16.2 Å². The molecule has 25 heavy (non-hydrogen) atoms. The minimum absolute atomic E-state index is 0.154. The third kappa shape index (κ3) is 1.98. The summed E-state index contributed by atoms with van der Waals surface area (Å²) in [6.45, 7) is 4.98. The van der Waals surface area contributed by atoms with Crippen LogP contribution >= 0.6 is 0 Å². The molecule has 1 amide bonds. The Morgan fingerprint density at radius 2 is 1.64 bits per heavy atom. The van der Waals surface area contributed by atoms with Gasteiger partial charge in [-0.3, -0.25) is 14.4 Å². The summed E-state index contributed by atoms with van der Waals surface area (Å²) in [6, 6.07) is 4.59. The second-order valence-electron chi connectivity index (χ2n) is 7.52. The van der Waals surface area contributed by atoms with Gasteiger partial charge in [-0.25, -0.2) is 0 Å². The van der Waals surface area contributed by atoms with E-state index in [-0.39, 0.29) is 6.42 Å². The van der Waals surface area contributed by atoms with Crippen molar-refractivity contribution in [2.75, 3.05) is 5.32 Å². The zero-order chi connectivity index (χ0) is 18.8. The molecule has 0 heterocycles. The van der Waals surface area contributed by atoms with Gasteiger partial charge in [0.2, 0.25) is 17.5 Å². The van der Waals surface area contributed by atoms with Crippen molar-refractivity contribution in [2.45, 2.75) is 39.8 Å². The molecule has 1 aromatic rings. The van der Waals surface area contributed by atoms with Gasteiger partial charge in [0.1, 0.15) is 5.41 Å². The molecule has 134 valence electrons. The van der Waals surface area contributed by atoms with E-state index in [1.54, 1.807) is 20.8 Å². The van der Waals surface area contributed by atoms with E-state index in [1.807, 2.05) is 0 Å². The summed E-state index contributed by atoms with van der Waals surface area (Å²) in [4.78, 5) is 37.9. The van der Waals surface area contributed by atoms with Gasteiger partial charge in [0.15, 0.2) is 0 Å². The van der Waals surface area contributed by atoms with E-state index in [1.165, 1.54) is 12.1 Å². The molecule has 2 saturated carbocycles. The highest BCUT2D eigenvalue weighted by Gasteiger charge is 2.77. The van der Waals surface area contributed by atoms with E-state index < -0.39 is 51.1 Å². The zero-order valence-corrected chi connectivity index (χ0v) is 14.1. The Morgan fingerprint density at radius 1 is 1.04 bits per heavy atom. The van der Waals surface area contributed by atoms with Crippen LogP contribution in [-0.4, -0.2) is 17.5 Å². The number of carbonyl (C=O) groups is 3. The van der Waals surface area contributed by atoms with Crippen LogP contribution in [0, 0.1) is 16.2 Å². The fourth-order valence-corrected chi connectivity index (χ4v) is 4.34. The average molecular weight is 353 g/mol. The third-order valence-corrected chi connectivity index (χ3v) is 6.41. The number of hydrogen-bond donors (Lipinski definition) is 1. The Morgan fingerprint density at radius 3 is 2.16 bits per heavy atom. The predicted octanol–water partition coefficient (Wildman–Crippen LogP) is 3.61. The smallest absolute Gasteiger partial charge is 0.325 e. The van der Waals surface area contributed by atoms with Crippen LogP contribution in [0.2, 0.25) is 0 Å². The highest BCUT2D eigenvalue weighted by Crippen LogP contribution is 2.69. The molecule has 2 fully saturated rings. The molecule has 0 aromatic heterocycles. The van der Waals surface area contributed by atoms with E-state index in [2.05, 4.69) is 5.32 Å². The maximum absolute atomic E-state index is 13.1. The lowest BCUT2D eigenvalue weighted by atomic mass is 9.64. The summed E-state index contributed by atoms with van der Waals surface area (Å²) in [7, 11) is 0. The molecule has 1 aromatic carbocycles. The lowest BCUT2D eigenvalue weighted by molar-refractivity contribution is -0.147. The summed E-state index contributed by atoms with van der Waals surface area (Å²) in [5.41, 5.74) is -4.96. The van der Waals surface area contributed by atoms with Gasteiger partial charge < -0.3 is 5.32 Å². The van der Waals surface area contributed by atoms with Crippen LogP contribution in [0.5, 0.6) is 0 Å². The first-order valence-electron chi connectivity index (χ1n) is 7.96. The van der Waals surface area contributed by atoms with Crippen molar-refractivity contribution < 1.29 is 27.6 Å². The first-order chi connectivity index (χ1) is 11.4. The van der Waals surface area contributed by atoms with Gasteiger partial charge in [-0.1, -0.05) is 32.9 Å². The number of ketones is 2. The molecule has 2 aliphatic carbocycles. The Bertz CT molecular complexity index is 799. The number of Topliss-reactive ketones (excluding diaryl/α,β-unsaturated/α-hetero) is 2. The van der Waals surface area contributed by atoms with Gasteiger partial charge in [0, 0.05) is 5.41 Å². The largest absolute Gasteiger partial charge is 0.418 e. The fourth-order valence-electron chi connectivity index (χ4n) is 4.34. The SMILES string of the molecule is CC1(C)[C@@]2(C(=O)Nc3ccccc3C(F)(F)F)CC[C@@]1(C)C(=O)C2=O. The number of amides is 1. The second-order valence-corrected chi connectivity index (χ2v) is 7.52. The van der Waals surface area contributed by atoms with Gasteiger partial charge in [0.05, 0.1) is 11.3 Å². The van der Waals surface area contributed by atoms with E-state index in [4.69, 9.17) is 0 Å². The average Bonchev–Trinajstić information content (AvgIpc) is 2.79. The van der Waals surface area contributed by atoms with Crippen LogP contribution in [0.1, 0.15) is 39.2 Å². The number of benzene rings is 1. The van der Waals surface area contributed by atoms with Crippen LogP contribution in [0.3, 0.4) is 0 Å². The number of rotatable bonds is 2. The van der Waals surface area contributed by atoms with Crippen LogP contribution < -0.4 is 5.32 Å². The Kier molecular flexibility index (Phi) is 3.47. The van der Waals surface area contributed by atoms with Crippen LogP contribution in [0.25, 0.3) is 0 Å². The second kappa shape index (κ2) is 4.93. The first kappa shape index (κ1) is 17.6. The minimum Gasteiger partial charge on any atom is -0.325 e. The maximum atomic E-state index is 13.1. The number of fused-ring (bicyclic) bond motifs is 2. The van der Waals surface area contributed by atoms with Crippen molar-refractivity contribution in [1.29, 1.82) is 0 Å². The topological polar surface area (TPSA) is 63.2 Å². The predicted molar refractivity (Wildman–Crippen MR) is 83.6 cm³/mol. The number of carbonyl (C=O) groups excluding carboxylic acids is 3. The van der Waals surface area contributed by atoms with Crippen molar-refractivity contribution in [3.8, 4) is 0 Å². The van der Waals surface area contributed by atoms with Gasteiger partial charge in [-0.05, 0) is 30.4 Å². The van der Waals surface area contributed by atoms with E-state index in [0.29, 0.717) is 6.42 Å². The molecule has 4 nitrogen and oxygen atoms in total. The molecular formula is C18H18F3NO3. The molecule has 0 aliphatic heterocycles. The zero-order valence-electron chi connectivity index (χ0n) is 14.1. The number of anilines is 1. The first-order valence-corrected chi connectivity index (χ1v) is 7.96. The summed E-state index contributed by atoms with van der Waals surface area (Å²) in [5.74, 6) is -2.25. The Hall–Kier alpha value is -2.18. The molecule has 7 heteroatoms. The van der Waals surface area contributed by atoms with Crippen LogP contribution in [0.4, 0.5) is 18.9 Å². The van der Waals surface area contributed by atoms with Crippen LogP contribution in [0.15, 0.2) is 24.3 Å². The summed E-state index contributed by atoms with van der Waals surface area (Å²) in [6.07, 6.45) is -4.13. The summed E-state index contributed by atoms with van der Waals surface area (Å²) >= 11 is 0. The summed E-state index contributed by atoms with van der Waals surface area (Å²) < 4.78 is 39.4. The van der Waals surface area contributed by atoms with E-state index in [9.17, 15) is 27.6 Å². The van der Waals surface area contributed by atoms with Crippen LogP contribution in [-0.2, 0) is 20.6 Å². The lowest BCUT2D eigenvalue weighted by Gasteiger charge is -2.37. The number of para-hydroxylation sites is 1. The van der Waals surface area contributed by atoms with Crippen molar-refractivity contribution in [3.05, 3.63) is 29.8 Å². The van der Waals surface area contributed by atoms with Gasteiger partial charge in [0.25, 0.3) is 0 Å². The standard InChI is InChI=1S/C18H18F3NO3/c1-15(2)16(3)8-9-17(15,13(24)12(16)23)14(25)22-11-7-5-4-6-10(11)18(19,20)21/h4-7H,8-9H2,1-3H3,(H,22,25)/t16-,17-/m0/s1. The minimum atomic E-state index is -4.64. The Labute approximate surface area is 142 Å². The maximum Gasteiger partial charge on any atom is 0.418 e. The van der Waals surface area contributed by atoms with Crippen molar-refractivity contribution in [3.63, 3.8) is 0 Å². The normalized spacial score (nSPS) is 30.6. The monoisotopic (exact) mass is 353 g/mol.